The van der Waals surface area contributed by atoms with Crippen molar-refractivity contribution in [2.24, 2.45) is 0 Å². The Kier molecular flexibility index (Phi) is 5.16. The molecule has 8 heteroatoms. The van der Waals surface area contributed by atoms with E-state index >= 15 is 0 Å². The van der Waals surface area contributed by atoms with Crippen molar-refractivity contribution >= 4 is 45.2 Å². The molecule has 0 bridgehead atoms. The highest BCUT2D eigenvalue weighted by atomic mass is 79.9. The van der Waals surface area contributed by atoms with E-state index in [0.29, 0.717) is 20.6 Å². The van der Waals surface area contributed by atoms with Crippen LogP contribution in [0.2, 0.25) is 5.02 Å². The number of benzene rings is 2. The van der Waals surface area contributed by atoms with E-state index in [-0.39, 0.29) is 11.4 Å². The Bertz CT molecular complexity index is 1040. The van der Waals surface area contributed by atoms with Crippen LogP contribution in [-0.2, 0) is 0 Å². The van der Waals surface area contributed by atoms with E-state index < -0.39 is 11.8 Å². The maximum Gasteiger partial charge on any atom is 0.281 e. The fourth-order valence-electron chi connectivity index (χ4n) is 2.23. The van der Waals surface area contributed by atoms with E-state index in [0.717, 1.165) is 4.68 Å². The van der Waals surface area contributed by atoms with E-state index in [2.05, 4.69) is 26.3 Å². The monoisotopic (exact) mass is 428 g/mol. The first-order valence-corrected chi connectivity index (χ1v) is 8.52. The van der Waals surface area contributed by atoms with Gasteiger partial charge in [-0.2, -0.15) is 15.0 Å². The molecule has 2 aromatic carbocycles. The molecular formula is C18H10BrClN4O2. The summed E-state index contributed by atoms with van der Waals surface area (Å²) in [5, 5.41) is 16.3. The Morgan fingerprint density at radius 1 is 1.15 bits per heavy atom. The molecule has 3 rings (SSSR count). The SMILES string of the molecule is N#Cc1cnn(C(=O)c2ccccc2Br)c1NC(=O)c1ccc(Cl)cc1. The average molecular weight is 430 g/mol. The number of carbonyl (C=O) groups is 2. The van der Waals surface area contributed by atoms with Crippen LogP contribution in [-0.4, -0.2) is 21.6 Å². The number of aromatic nitrogens is 2. The fraction of sp³-hybridized carbons (Fsp3) is 0. The van der Waals surface area contributed by atoms with Crippen LogP contribution < -0.4 is 5.32 Å². The number of halogens is 2. The maximum absolute atomic E-state index is 12.8. The predicted octanol–water partition coefficient (Wildman–Crippen LogP) is 4.11. The minimum Gasteiger partial charge on any atom is -0.305 e. The lowest BCUT2D eigenvalue weighted by molar-refractivity contribution is 0.0946. The molecule has 1 heterocycles. The maximum atomic E-state index is 12.8. The van der Waals surface area contributed by atoms with Crippen LogP contribution in [0.4, 0.5) is 5.82 Å². The van der Waals surface area contributed by atoms with E-state index in [1.54, 1.807) is 48.5 Å². The first-order chi connectivity index (χ1) is 12.5. The van der Waals surface area contributed by atoms with Crippen molar-refractivity contribution in [3.05, 3.63) is 80.9 Å². The number of nitrogens with zero attached hydrogens (tertiary/aromatic N) is 3. The van der Waals surface area contributed by atoms with Gasteiger partial charge in [0.05, 0.1) is 11.8 Å². The molecule has 128 valence electrons. The summed E-state index contributed by atoms with van der Waals surface area (Å²) in [5.74, 6) is -0.960. The minimum absolute atomic E-state index is 0.00760. The largest absolute Gasteiger partial charge is 0.305 e. The van der Waals surface area contributed by atoms with Gasteiger partial charge in [0.2, 0.25) is 0 Å². The summed E-state index contributed by atoms with van der Waals surface area (Å²) in [7, 11) is 0. The van der Waals surface area contributed by atoms with Crippen molar-refractivity contribution in [1.82, 2.24) is 9.78 Å². The summed E-state index contributed by atoms with van der Waals surface area (Å²) < 4.78 is 1.57. The number of rotatable bonds is 3. The minimum atomic E-state index is -0.486. The van der Waals surface area contributed by atoms with Gasteiger partial charge in [-0.3, -0.25) is 9.59 Å². The summed E-state index contributed by atoms with van der Waals surface area (Å²) >= 11 is 9.13. The summed E-state index contributed by atoms with van der Waals surface area (Å²) in [5.41, 5.74) is 0.758. The number of nitrogens with one attached hydrogen (secondary N) is 1. The van der Waals surface area contributed by atoms with Gasteiger partial charge in [0.15, 0.2) is 5.82 Å². The van der Waals surface area contributed by atoms with Crippen LogP contribution in [0.15, 0.2) is 59.2 Å². The molecule has 0 aliphatic heterocycles. The van der Waals surface area contributed by atoms with Gasteiger partial charge in [0, 0.05) is 15.1 Å². The van der Waals surface area contributed by atoms with Gasteiger partial charge in [0.1, 0.15) is 11.6 Å². The topological polar surface area (TPSA) is 87.8 Å². The van der Waals surface area contributed by atoms with E-state index in [1.807, 2.05) is 6.07 Å². The van der Waals surface area contributed by atoms with Gasteiger partial charge in [-0.1, -0.05) is 23.7 Å². The molecule has 1 amide bonds. The molecular weight excluding hydrogens is 420 g/mol. The number of anilines is 1. The Labute approximate surface area is 162 Å². The first-order valence-electron chi connectivity index (χ1n) is 7.35. The molecule has 0 saturated heterocycles. The van der Waals surface area contributed by atoms with Crippen molar-refractivity contribution in [3.63, 3.8) is 0 Å². The molecule has 0 atom stereocenters. The normalized spacial score (nSPS) is 10.2. The van der Waals surface area contributed by atoms with Crippen LogP contribution in [0.5, 0.6) is 0 Å². The molecule has 0 unspecified atom stereocenters. The van der Waals surface area contributed by atoms with E-state index in [9.17, 15) is 14.9 Å². The molecule has 0 saturated carbocycles. The second-order valence-electron chi connectivity index (χ2n) is 5.18. The highest BCUT2D eigenvalue weighted by Crippen LogP contribution is 2.22. The zero-order valence-corrected chi connectivity index (χ0v) is 15.5. The van der Waals surface area contributed by atoms with Gasteiger partial charge >= 0.3 is 0 Å². The standard InChI is InChI=1S/C18H10BrClN4O2/c19-15-4-2-1-3-14(15)18(26)24-16(12(9-21)10-22-24)23-17(25)11-5-7-13(20)8-6-11/h1-8,10H,(H,23,25). The van der Waals surface area contributed by atoms with Crippen molar-refractivity contribution in [3.8, 4) is 6.07 Å². The van der Waals surface area contributed by atoms with E-state index in [1.165, 1.54) is 6.20 Å². The van der Waals surface area contributed by atoms with Crippen LogP contribution in [0, 0.1) is 11.3 Å². The predicted molar refractivity (Wildman–Crippen MR) is 100 cm³/mol. The lowest BCUT2D eigenvalue weighted by Gasteiger charge is -2.09. The van der Waals surface area contributed by atoms with E-state index in [4.69, 9.17) is 11.6 Å². The lowest BCUT2D eigenvalue weighted by atomic mass is 10.2. The van der Waals surface area contributed by atoms with Gasteiger partial charge in [-0.05, 0) is 52.3 Å². The average Bonchev–Trinajstić information content (AvgIpc) is 3.04. The van der Waals surface area contributed by atoms with Gasteiger partial charge in [-0.25, -0.2) is 0 Å². The molecule has 1 N–H and O–H groups in total. The molecule has 0 fully saturated rings. The van der Waals surface area contributed by atoms with Crippen molar-refractivity contribution in [2.45, 2.75) is 0 Å². The van der Waals surface area contributed by atoms with Crippen molar-refractivity contribution < 1.29 is 9.59 Å². The highest BCUT2D eigenvalue weighted by Gasteiger charge is 2.21. The summed E-state index contributed by atoms with van der Waals surface area (Å²) in [6, 6.07) is 15.0. The third kappa shape index (κ3) is 3.52. The van der Waals surface area contributed by atoms with Crippen LogP contribution in [0.1, 0.15) is 26.3 Å². The Morgan fingerprint density at radius 3 is 2.50 bits per heavy atom. The molecule has 1 aromatic heterocycles. The second kappa shape index (κ2) is 7.52. The molecule has 0 aliphatic carbocycles. The third-order valence-corrected chi connectivity index (χ3v) is 4.47. The molecule has 3 aromatic rings. The first kappa shape index (κ1) is 17.9. The van der Waals surface area contributed by atoms with Gasteiger partial charge in [0.25, 0.3) is 11.8 Å². The Hall–Kier alpha value is -2.95. The van der Waals surface area contributed by atoms with Gasteiger partial charge in [-0.15, -0.1) is 0 Å². The number of nitriles is 1. The molecule has 0 spiro atoms. The molecule has 0 radical (unpaired) electrons. The zero-order chi connectivity index (χ0) is 18.7. The van der Waals surface area contributed by atoms with Gasteiger partial charge < -0.3 is 5.32 Å². The smallest absolute Gasteiger partial charge is 0.281 e. The number of carbonyl (C=O) groups excluding carboxylic acids is 2. The third-order valence-electron chi connectivity index (χ3n) is 3.52. The molecule has 6 nitrogen and oxygen atoms in total. The number of amides is 1. The van der Waals surface area contributed by atoms with Crippen molar-refractivity contribution in [2.75, 3.05) is 5.32 Å². The molecule has 0 aliphatic rings. The van der Waals surface area contributed by atoms with Crippen LogP contribution in [0.25, 0.3) is 0 Å². The summed E-state index contributed by atoms with van der Waals surface area (Å²) in [4.78, 5) is 25.2. The lowest BCUT2D eigenvalue weighted by Crippen LogP contribution is -2.21. The Balaban J connectivity index is 1.97. The number of hydrogen-bond acceptors (Lipinski definition) is 4. The Morgan fingerprint density at radius 2 is 1.85 bits per heavy atom. The van der Waals surface area contributed by atoms with Crippen LogP contribution in [0.3, 0.4) is 0 Å². The second-order valence-corrected chi connectivity index (χ2v) is 6.47. The summed E-state index contributed by atoms with van der Waals surface area (Å²) in [6.07, 6.45) is 1.23. The number of hydrogen-bond donors (Lipinski definition) is 1. The van der Waals surface area contributed by atoms with Crippen LogP contribution >= 0.6 is 27.5 Å². The summed E-state index contributed by atoms with van der Waals surface area (Å²) in [6.45, 7) is 0. The quantitative estimate of drug-likeness (QED) is 0.678. The van der Waals surface area contributed by atoms with Crippen molar-refractivity contribution in [1.29, 1.82) is 5.26 Å². The molecule has 26 heavy (non-hydrogen) atoms. The fourth-order valence-corrected chi connectivity index (χ4v) is 2.81. The highest BCUT2D eigenvalue weighted by molar-refractivity contribution is 9.10. The zero-order valence-electron chi connectivity index (χ0n) is 13.1.